The molecule has 3 atom stereocenters. The summed E-state index contributed by atoms with van der Waals surface area (Å²) in [4.78, 5) is 37.8. The van der Waals surface area contributed by atoms with Crippen molar-refractivity contribution in [3.05, 3.63) is 71.9 Å². The van der Waals surface area contributed by atoms with Crippen molar-refractivity contribution in [3.8, 4) is 22.4 Å². The van der Waals surface area contributed by atoms with Crippen LogP contribution in [0.3, 0.4) is 0 Å². The zero-order valence-corrected chi connectivity index (χ0v) is 22.4. The van der Waals surface area contributed by atoms with Gasteiger partial charge in [0.25, 0.3) is 0 Å². The second-order valence-electron chi connectivity index (χ2n) is 10.8. The predicted molar refractivity (Wildman–Crippen MR) is 150 cm³/mol. The van der Waals surface area contributed by atoms with E-state index in [0.29, 0.717) is 35.6 Å². The van der Waals surface area contributed by atoms with Crippen LogP contribution in [0.1, 0.15) is 60.4 Å². The number of hydrogen-bond acceptors (Lipinski definition) is 9. The highest BCUT2D eigenvalue weighted by atomic mass is 16.2. The minimum atomic E-state index is -0.152. The minimum Gasteiger partial charge on any atom is -0.383 e. The number of nitrogens with zero attached hydrogens (tertiary/aromatic N) is 8. The van der Waals surface area contributed by atoms with Gasteiger partial charge >= 0.3 is 0 Å². The number of aromatic nitrogens is 8. The van der Waals surface area contributed by atoms with Crippen molar-refractivity contribution in [2.24, 2.45) is 0 Å². The van der Waals surface area contributed by atoms with Gasteiger partial charge in [-0.1, -0.05) is 41.6 Å². The highest BCUT2D eigenvalue weighted by Gasteiger charge is 2.45. The quantitative estimate of drug-likeness (QED) is 0.304. The van der Waals surface area contributed by atoms with Crippen molar-refractivity contribution in [2.45, 2.75) is 57.0 Å². The summed E-state index contributed by atoms with van der Waals surface area (Å²) >= 11 is 0. The number of aromatic amines is 1. The van der Waals surface area contributed by atoms with Gasteiger partial charge in [-0.15, -0.1) is 10.2 Å². The number of carbonyl (C=O) groups is 2. The van der Waals surface area contributed by atoms with Gasteiger partial charge in [-0.3, -0.25) is 14.6 Å². The van der Waals surface area contributed by atoms with E-state index in [2.05, 4.69) is 30.7 Å². The van der Waals surface area contributed by atoms with Gasteiger partial charge in [0.05, 0.1) is 29.6 Å². The molecule has 6 heterocycles. The van der Waals surface area contributed by atoms with Crippen LogP contribution in [0.4, 0.5) is 5.82 Å². The number of carbonyl (C=O) groups excluding carboxylic acids is 2. The van der Waals surface area contributed by atoms with E-state index in [1.807, 2.05) is 53.6 Å². The summed E-state index contributed by atoms with van der Waals surface area (Å²) in [6.45, 7) is 1.51. The van der Waals surface area contributed by atoms with E-state index in [-0.39, 0.29) is 41.9 Å². The lowest BCUT2D eigenvalue weighted by atomic mass is 9.85. The van der Waals surface area contributed by atoms with Gasteiger partial charge < -0.3 is 10.6 Å². The Balaban J connectivity index is 1.23. The molecule has 2 aliphatic heterocycles. The van der Waals surface area contributed by atoms with Crippen LogP contribution < -0.4 is 5.73 Å². The first-order valence-electron chi connectivity index (χ1n) is 13.7. The molecule has 2 bridgehead atoms. The molecule has 5 aromatic rings. The molecule has 0 radical (unpaired) electrons. The Kier molecular flexibility index (Phi) is 6.02. The number of amides is 1. The molecule has 41 heavy (non-hydrogen) atoms. The molecular formula is C29H28N10O2. The number of ketones is 1. The van der Waals surface area contributed by atoms with Crippen molar-refractivity contribution in [2.75, 3.05) is 5.73 Å². The van der Waals surface area contributed by atoms with E-state index in [1.165, 1.54) is 6.92 Å². The van der Waals surface area contributed by atoms with Gasteiger partial charge in [-0.2, -0.15) is 14.8 Å². The number of nitrogens with one attached hydrogen (secondary N) is 1. The Morgan fingerprint density at radius 2 is 1.80 bits per heavy atom. The fourth-order valence-corrected chi connectivity index (χ4v) is 6.52. The smallest absolute Gasteiger partial charge is 0.230 e. The highest BCUT2D eigenvalue weighted by molar-refractivity contribution is 6.00. The molecule has 0 aliphatic carbocycles. The monoisotopic (exact) mass is 548 g/mol. The summed E-state index contributed by atoms with van der Waals surface area (Å²) in [5.74, 6) is 0.488. The van der Waals surface area contributed by atoms with Gasteiger partial charge in [0.15, 0.2) is 17.3 Å². The van der Waals surface area contributed by atoms with Crippen LogP contribution in [0, 0.1) is 0 Å². The Hall–Kier alpha value is -5.00. The second kappa shape index (κ2) is 9.88. The van der Waals surface area contributed by atoms with Crippen LogP contribution >= 0.6 is 0 Å². The minimum absolute atomic E-state index is 0.00316. The van der Waals surface area contributed by atoms with Crippen LogP contribution in [0.2, 0.25) is 0 Å². The molecule has 7 rings (SSSR count). The SMILES string of the molecule is CC(=O)c1c(C2C[C@H]3CC[C@@H](C2)N3C(=O)Cc2nn[nH]n2)nc2c(-c3ccc(-c4ccccc4)nc3)cnn2c1N. The van der Waals surface area contributed by atoms with Crippen molar-refractivity contribution < 1.29 is 9.59 Å². The lowest BCUT2D eigenvalue weighted by Gasteiger charge is -2.39. The van der Waals surface area contributed by atoms with E-state index in [1.54, 1.807) is 10.7 Å². The summed E-state index contributed by atoms with van der Waals surface area (Å²) in [6, 6.07) is 14.1. The van der Waals surface area contributed by atoms with Crippen molar-refractivity contribution in [1.29, 1.82) is 0 Å². The number of benzene rings is 1. The van der Waals surface area contributed by atoms with Crippen molar-refractivity contribution >= 4 is 23.2 Å². The number of pyridine rings is 1. The number of nitrogens with two attached hydrogens (primary N) is 1. The molecule has 4 aromatic heterocycles. The number of tetrazole rings is 1. The van der Waals surface area contributed by atoms with Gasteiger partial charge in [0, 0.05) is 40.9 Å². The molecule has 1 aromatic carbocycles. The van der Waals surface area contributed by atoms with Gasteiger partial charge in [0.2, 0.25) is 5.91 Å². The van der Waals surface area contributed by atoms with E-state index in [4.69, 9.17) is 10.7 Å². The first-order chi connectivity index (χ1) is 20.0. The van der Waals surface area contributed by atoms with Gasteiger partial charge in [-0.25, -0.2) is 4.98 Å². The number of fused-ring (bicyclic) bond motifs is 3. The van der Waals surface area contributed by atoms with Gasteiger partial charge in [0.1, 0.15) is 5.82 Å². The van der Waals surface area contributed by atoms with E-state index < -0.39 is 0 Å². The van der Waals surface area contributed by atoms with Crippen LogP contribution in [-0.2, 0) is 11.2 Å². The van der Waals surface area contributed by atoms with E-state index in [0.717, 1.165) is 35.2 Å². The summed E-state index contributed by atoms with van der Waals surface area (Å²) in [7, 11) is 0. The number of Topliss-reactive ketones (excluding diaryl/α,β-unsaturated/α-hetero) is 1. The van der Waals surface area contributed by atoms with Crippen LogP contribution in [0.5, 0.6) is 0 Å². The third-order valence-electron chi connectivity index (χ3n) is 8.31. The van der Waals surface area contributed by atoms with Crippen LogP contribution in [0.15, 0.2) is 54.9 Å². The molecule has 12 heteroatoms. The number of hydrogen-bond donors (Lipinski definition) is 2. The Bertz CT molecular complexity index is 1730. The van der Waals surface area contributed by atoms with Crippen LogP contribution in [0.25, 0.3) is 28.0 Å². The second-order valence-corrected chi connectivity index (χ2v) is 10.8. The first-order valence-corrected chi connectivity index (χ1v) is 13.7. The summed E-state index contributed by atoms with van der Waals surface area (Å²) in [6.07, 6.45) is 6.86. The van der Waals surface area contributed by atoms with E-state index >= 15 is 0 Å². The topological polar surface area (TPSA) is 161 Å². The lowest BCUT2D eigenvalue weighted by molar-refractivity contribution is -0.135. The molecule has 1 unspecified atom stereocenters. The number of rotatable bonds is 6. The average molecular weight is 549 g/mol. The number of nitrogen functional groups attached to an aromatic ring is 1. The molecule has 12 nitrogen and oxygen atoms in total. The normalized spacial score (nSPS) is 20.0. The summed E-state index contributed by atoms with van der Waals surface area (Å²) in [5, 5.41) is 18.3. The summed E-state index contributed by atoms with van der Waals surface area (Å²) < 4.78 is 1.54. The number of anilines is 1. The average Bonchev–Trinajstić information content (AvgIpc) is 3.71. The molecule has 2 fully saturated rings. The third kappa shape index (κ3) is 4.31. The molecule has 3 N–H and O–H groups in total. The molecule has 1 amide bonds. The number of piperidine rings is 1. The molecule has 2 saturated heterocycles. The molecule has 206 valence electrons. The van der Waals surface area contributed by atoms with Crippen LogP contribution in [-0.4, -0.2) is 68.9 Å². The van der Waals surface area contributed by atoms with Gasteiger partial charge in [-0.05, 0) is 38.7 Å². The fourth-order valence-electron chi connectivity index (χ4n) is 6.52. The zero-order chi connectivity index (χ0) is 28.1. The molecule has 0 spiro atoms. The maximum absolute atomic E-state index is 13.2. The molecular weight excluding hydrogens is 520 g/mol. The fraction of sp³-hybridized carbons (Fsp3) is 0.310. The highest BCUT2D eigenvalue weighted by Crippen LogP contribution is 2.44. The predicted octanol–water partition coefficient (Wildman–Crippen LogP) is 3.24. The van der Waals surface area contributed by atoms with Crippen molar-refractivity contribution in [1.82, 2.24) is 45.1 Å². The Morgan fingerprint density at radius 3 is 2.46 bits per heavy atom. The maximum Gasteiger partial charge on any atom is 0.230 e. The zero-order valence-electron chi connectivity index (χ0n) is 22.4. The standard InChI is InChI=1S/C29H28N10O2/c1-16(40)26-27(19-11-20-8-9-21(12-19)38(20)25(41)13-24-34-36-37-35-24)33-29-22(15-32-39(29)28(26)30)18-7-10-23(31-14-18)17-5-3-2-4-6-17/h2-7,10,14-15,19-21H,8-9,11-13,30H2,1H3,(H,34,35,36,37)/t19?,20-,21+. The maximum atomic E-state index is 13.2. The molecule has 2 aliphatic rings. The molecule has 0 saturated carbocycles. The number of H-pyrrole nitrogens is 1. The Labute approximate surface area is 235 Å². The lowest BCUT2D eigenvalue weighted by Crippen LogP contribution is -2.47. The Morgan fingerprint density at radius 1 is 1.02 bits per heavy atom. The summed E-state index contributed by atoms with van der Waals surface area (Å²) in [5.41, 5.74) is 11.8. The first kappa shape index (κ1) is 25.0. The van der Waals surface area contributed by atoms with E-state index in [9.17, 15) is 9.59 Å². The van der Waals surface area contributed by atoms with Crippen molar-refractivity contribution in [3.63, 3.8) is 0 Å². The third-order valence-corrected chi connectivity index (χ3v) is 8.31. The largest absolute Gasteiger partial charge is 0.383 e.